The predicted octanol–water partition coefficient (Wildman–Crippen LogP) is 1.26. The van der Waals surface area contributed by atoms with Gasteiger partial charge in [-0.3, -0.25) is 0 Å². The van der Waals surface area contributed by atoms with Crippen LogP contribution in [0.3, 0.4) is 0 Å². The van der Waals surface area contributed by atoms with Crippen LogP contribution in [-0.2, 0) is 4.74 Å². The summed E-state index contributed by atoms with van der Waals surface area (Å²) >= 11 is 0. The molecule has 2 unspecified atom stereocenters. The third kappa shape index (κ3) is 5.05. The topological polar surface area (TPSA) is 74.1 Å². The fraction of sp³-hybridized carbons (Fsp3) is 0.833. The first-order chi connectivity index (χ1) is 7.92. The Balaban J connectivity index is 2.33. The van der Waals surface area contributed by atoms with E-state index in [2.05, 4.69) is 16.7 Å². The van der Waals surface area contributed by atoms with Gasteiger partial charge in [-0.15, -0.1) is 0 Å². The number of nitrogens with one attached hydrogen (secondary N) is 2. The Morgan fingerprint density at radius 2 is 2.35 bits per heavy atom. The summed E-state index contributed by atoms with van der Waals surface area (Å²) in [5, 5.41) is 14.9. The zero-order chi connectivity index (χ0) is 12.9. The molecule has 1 fully saturated rings. The molecule has 0 bridgehead atoms. The monoisotopic (exact) mass is 239 g/mol. The standard InChI is InChI=1S/C12H21N3O2/c1-12(2,3)17-11(16)15-8-10(6-13)9-4-5-14-7-9/h9-10,14H,4-5,7-8H2,1-3H3,(H,15,16). The summed E-state index contributed by atoms with van der Waals surface area (Å²) in [7, 11) is 0. The number of carbonyl (C=O) groups excluding carboxylic acids is 1. The van der Waals surface area contributed by atoms with Crippen molar-refractivity contribution in [2.75, 3.05) is 19.6 Å². The average Bonchev–Trinajstić information content (AvgIpc) is 2.69. The van der Waals surface area contributed by atoms with Crippen molar-refractivity contribution in [3.05, 3.63) is 0 Å². The minimum Gasteiger partial charge on any atom is -0.444 e. The van der Waals surface area contributed by atoms with E-state index < -0.39 is 11.7 Å². The molecular weight excluding hydrogens is 218 g/mol. The van der Waals surface area contributed by atoms with Crippen molar-refractivity contribution in [3.8, 4) is 6.07 Å². The summed E-state index contributed by atoms with van der Waals surface area (Å²) in [6.07, 6.45) is 0.539. The normalized spacial score (nSPS) is 21.6. The van der Waals surface area contributed by atoms with Crippen LogP contribution in [0.5, 0.6) is 0 Å². The fourth-order valence-corrected chi connectivity index (χ4v) is 1.85. The molecule has 0 aromatic rings. The molecule has 0 aliphatic carbocycles. The number of rotatable bonds is 3. The number of nitriles is 1. The smallest absolute Gasteiger partial charge is 0.407 e. The van der Waals surface area contributed by atoms with Crippen molar-refractivity contribution >= 4 is 6.09 Å². The van der Waals surface area contributed by atoms with E-state index in [1.54, 1.807) is 0 Å². The van der Waals surface area contributed by atoms with E-state index in [-0.39, 0.29) is 5.92 Å². The van der Waals surface area contributed by atoms with Gasteiger partial charge in [-0.05, 0) is 46.2 Å². The van der Waals surface area contributed by atoms with Crippen molar-refractivity contribution in [1.82, 2.24) is 10.6 Å². The van der Waals surface area contributed by atoms with Crippen LogP contribution in [-0.4, -0.2) is 31.3 Å². The lowest BCUT2D eigenvalue weighted by Gasteiger charge is -2.21. The molecule has 0 saturated carbocycles. The number of amides is 1. The predicted molar refractivity (Wildman–Crippen MR) is 64.3 cm³/mol. The van der Waals surface area contributed by atoms with Crippen molar-refractivity contribution in [3.63, 3.8) is 0 Å². The number of carbonyl (C=O) groups is 1. The van der Waals surface area contributed by atoms with Crippen molar-refractivity contribution < 1.29 is 9.53 Å². The Morgan fingerprint density at radius 1 is 1.65 bits per heavy atom. The molecule has 1 heterocycles. The maximum absolute atomic E-state index is 11.4. The van der Waals surface area contributed by atoms with Gasteiger partial charge in [0.05, 0.1) is 12.0 Å². The second-order valence-corrected chi connectivity index (χ2v) is 5.37. The Hall–Kier alpha value is -1.28. The zero-order valence-corrected chi connectivity index (χ0v) is 10.7. The van der Waals surface area contributed by atoms with E-state index in [1.807, 2.05) is 20.8 Å². The number of alkyl carbamates (subject to hydrolysis) is 1. The molecule has 1 rings (SSSR count). The molecule has 1 amide bonds. The molecular formula is C12H21N3O2. The Labute approximate surface area is 103 Å². The molecule has 5 nitrogen and oxygen atoms in total. The largest absolute Gasteiger partial charge is 0.444 e. The van der Waals surface area contributed by atoms with Gasteiger partial charge in [0.2, 0.25) is 0 Å². The molecule has 0 aromatic heterocycles. The molecule has 96 valence electrons. The molecule has 1 aliphatic rings. The Kier molecular flexibility index (Phi) is 4.76. The van der Waals surface area contributed by atoms with Crippen LogP contribution in [0.25, 0.3) is 0 Å². The first-order valence-corrected chi connectivity index (χ1v) is 5.99. The molecule has 5 heteroatoms. The third-order valence-electron chi connectivity index (χ3n) is 2.70. The van der Waals surface area contributed by atoms with Gasteiger partial charge in [0.15, 0.2) is 0 Å². The van der Waals surface area contributed by atoms with Crippen LogP contribution < -0.4 is 10.6 Å². The number of hydrogen-bond acceptors (Lipinski definition) is 4. The van der Waals surface area contributed by atoms with Crippen molar-refractivity contribution in [2.24, 2.45) is 11.8 Å². The Morgan fingerprint density at radius 3 is 2.82 bits per heavy atom. The van der Waals surface area contributed by atoms with Crippen LogP contribution in [0.4, 0.5) is 4.79 Å². The molecule has 0 aromatic carbocycles. The summed E-state index contributed by atoms with van der Waals surface area (Å²) < 4.78 is 5.12. The van der Waals surface area contributed by atoms with Crippen LogP contribution in [0.15, 0.2) is 0 Å². The highest BCUT2D eigenvalue weighted by molar-refractivity contribution is 5.67. The highest BCUT2D eigenvalue weighted by atomic mass is 16.6. The quantitative estimate of drug-likeness (QED) is 0.777. The number of ether oxygens (including phenoxy) is 1. The zero-order valence-electron chi connectivity index (χ0n) is 10.7. The lowest BCUT2D eigenvalue weighted by Crippen LogP contribution is -2.37. The van der Waals surface area contributed by atoms with E-state index >= 15 is 0 Å². The lowest BCUT2D eigenvalue weighted by molar-refractivity contribution is 0.0519. The molecule has 2 atom stereocenters. The first-order valence-electron chi connectivity index (χ1n) is 5.99. The minimum absolute atomic E-state index is 0.141. The fourth-order valence-electron chi connectivity index (χ4n) is 1.85. The van der Waals surface area contributed by atoms with Crippen LogP contribution >= 0.6 is 0 Å². The van der Waals surface area contributed by atoms with Gasteiger partial charge >= 0.3 is 6.09 Å². The van der Waals surface area contributed by atoms with Crippen LogP contribution in [0.2, 0.25) is 0 Å². The average molecular weight is 239 g/mol. The SMILES string of the molecule is CC(C)(C)OC(=O)NCC(C#N)C1CCNC1. The molecule has 1 saturated heterocycles. The summed E-state index contributed by atoms with van der Waals surface area (Å²) in [5.41, 5.74) is -0.499. The first kappa shape index (κ1) is 13.8. The Bertz CT molecular complexity index is 298. The number of nitrogens with zero attached hydrogens (tertiary/aromatic N) is 1. The highest BCUT2D eigenvalue weighted by Gasteiger charge is 2.25. The van der Waals surface area contributed by atoms with Gasteiger partial charge in [0, 0.05) is 6.54 Å². The molecule has 0 spiro atoms. The highest BCUT2D eigenvalue weighted by Crippen LogP contribution is 2.17. The van der Waals surface area contributed by atoms with Crippen molar-refractivity contribution in [2.45, 2.75) is 32.8 Å². The van der Waals surface area contributed by atoms with Gasteiger partial charge in [0.1, 0.15) is 5.60 Å². The van der Waals surface area contributed by atoms with Crippen LogP contribution in [0, 0.1) is 23.2 Å². The van der Waals surface area contributed by atoms with Gasteiger partial charge in [-0.25, -0.2) is 4.79 Å². The van der Waals surface area contributed by atoms with Gasteiger partial charge < -0.3 is 15.4 Å². The maximum Gasteiger partial charge on any atom is 0.407 e. The van der Waals surface area contributed by atoms with E-state index in [0.29, 0.717) is 12.5 Å². The van der Waals surface area contributed by atoms with Gasteiger partial charge in [0.25, 0.3) is 0 Å². The van der Waals surface area contributed by atoms with Gasteiger partial charge in [-0.2, -0.15) is 5.26 Å². The lowest BCUT2D eigenvalue weighted by atomic mass is 9.93. The summed E-state index contributed by atoms with van der Waals surface area (Å²) in [5.74, 6) is 0.187. The van der Waals surface area contributed by atoms with Crippen molar-refractivity contribution in [1.29, 1.82) is 5.26 Å². The van der Waals surface area contributed by atoms with Gasteiger partial charge in [-0.1, -0.05) is 0 Å². The molecule has 1 aliphatic heterocycles. The minimum atomic E-state index is -0.499. The molecule has 0 radical (unpaired) electrons. The second kappa shape index (κ2) is 5.87. The van der Waals surface area contributed by atoms with E-state index in [9.17, 15) is 4.79 Å². The molecule has 2 N–H and O–H groups in total. The number of hydrogen-bond donors (Lipinski definition) is 2. The summed E-state index contributed by atoms with van der Waals surface area (Å²) in [6, 6.07) is 2.25. The summed E-state index contributed by atoms with van der Waals surface area (Å²) in [4.78, 5) is 11.4. The van der Waals surface area contributed by atoms with Crippen LogP contribution in [0.1, 0.15) is 27.2 Å². The van der Waals surface area contributed by atoms with E-state index in [1.165, 1.54) is 0 Å². The third-order valence-corrected chi connectivity index (χ3v) is 2.70. The molecule has 17 heavy (non-hydrogen) atoms. The van der Waals surface area contributed by atoms with E-state index in [4.69, 9.17) is 10.00 Å². The maximum atomic E-state index is 11.4. The summed E-state index contributed by atoms with van der Waals surface area (Å²) in [6.45, 7) is 7.61. The van der Waals surface area contributed by atoms with E-state index in [0.717, 1.165) is 19.5 Å². The second-order valence-electron chi connectivity index (χ2n) is 5.37.